The molecular weight excluding hydrogens is 300 g/mol. The lowest BCUT2D eigenvalue weighted by Gasteiger charge is -2.14. The summed E-state index contributed by atoms with van der Waals surface area (Å²) in [5.41, 5.74) is 1.61. The van der Waals surface area contributed by atoms with E-state index in [1.165, 1.54) is 7.11 Å². The first-order valence-electron chi connectivity index (χ1n) is 6.78. The van der Waals surface area contributed by atoms with E-state index in [0.29, 0.717) is 11.3 Å². The molecule has 6 heteroatoms. The standard InChI is InChI=1S/C16H16N2O3S/c1-16(2,20)14-12-5-4-10(15(19)21-3)8-13(12)18(17-14)11-6-7-22-9-11/h4-9,20H,1-3H3. The maximum atomic E-state index is 11.8. The second kappa shape index (κ2) is 5.23. The fourth-order valence-corrected chi connectivity index (χ4v) is 3.00. The molecule has 22 heavy (non-hydrogen) atoms. The molecule has 2 heterocycles. The average molecular weight is 316 g/mol. The third-order valence-corrected chi connectivity index (χ3v) is 4.10. The van der Waals surface area contributed by atoms with Gasteiger partial charge in [-0.1, -0.05) is 0 Å². The molecule has 3 rings (SSSR count). The molecule has 0 aliphatic rings. The minimum Gasteiger partial charge on any atom is -0.465 e. The van der Waals surface area contributed by atoms with Crippen molar-refractivity contribution in [3.05, 3.63) is 46.3 Å². The van der Waals surface area contributed by atoms with Crippen LogP contribution in [0.5, 0.6) is 0 Å². The number of fused-ring (bicyclic) bond motifs is 1. The van der Waals surface area contributed by atoms with Crippen molar-refractivity contribution in [3.8, 4) is 5.69 Å². The Morgan fingerprint density at radius 3 is 2.73 bits per heavy atom. The number of hydrogen-bond donors (Lipinski definition) is 1. The molecule has 0 radical (unpaired) electrons. The van der Waals surface area contributed by atoms with Crippen molar-refractivity contribution in [2.45, 2.75) is 19.4 Å². The van der Waals surface area contributed by atoms with Crippen molar-refractivity contribution in [1.29, 1.82) is 0 Å². The number of carbonyl (C=O) groups is 1. The summed E-state index contributed by atoms with van der Waals surface area (Å²) in [5, 5.41) is 19.6. The molecular formula is C16H16N2O3S. The number of ether oxygens (including phenoxy) is 1. The molecule has 0 spiro atoms. The van der Waals surface area contributed by atoms with E-state index in [-0.39, 0.29) is 0 Å². The zero-order valence-electron chi connectivity index (χ0n) is 12.5. The Kier molecular flexibility index (Phi) is 3.50. The topological polar surface area (TPSA) is 64.3 Å². The largest absolute Gasteiger partial charge is 0.465 e. The molecule has 0 saturated carbocycles. The summed E-state index contributed by atoms with van der Waals surface area (Å²) in [6.07, 6.45) is 0. The first-order valence-corrected chi connectivity index (χ1v) is 7.72. The number of carbonyl (C=O) groups excluding carboxylic acids is 1. The lowest BCUT2D eigenvalue weighted by molar-refractivity contribution is 0.0600. The Hall–Kier alpha value is -2.18. The first kappa shape index (κ1) is 14.7. The van der Waals surface area contributed by atoms with Gasteiger partial charge in [-0.05, 0) is 43.5 Å². The van der Waals surface area contributed by atoms with Crippen LogP contribution in [-0.4, -0.2) is 28.0 Å². The quantitative estimate of drug-likeness (QED) is 0.754. The number of benzene rings is 1. The SMILES string of the molecule is COC(=O)c1ccc2c(C(C)(C)O)nn(-c3ccsc3)c2c1. The molecule has 0 aliphatic carbocycles. The highest BCUT2D eigenvalue weighted by Gasteiger charge is 2.25. The van der Waals surface area contributed by atoms with E-state index < -0.39 is 11.6 Å². The molecule has 5 nitrogen and oxygen atoms in total. The van der Waals surface area contributed by atoms with Crippen LogP contribution in [0.2, 0.25) is 0 Å². The molecule has 0 aliphatic heterocycles. The number of aromatic nitrogens is 2. The normalized spacial score (nSPS) is 11.8. The van der Waals surface area contributed by atoms with E-state index in [2.05, 4.69) is 5.10 Å². The maximum Gasteiger partial charge on any atom is 0.337 e. The number of thiophene rings is 1. The van der Waals surface area contributed by atoms with Crippen LogP contribution in [0.25, 0.3) is 16.6 Å². The van der Waals surface area contributed by atoms with Crippen LogP contribution in [0.4, 0.5) is 0 Å². The van der Waals surface area contributed by atoms with Gasteiger partial charge in [0.25, 0.3) is 0 Å². The highest BCUT2D eigenvalue weighted by Crippen LogP contribution is 2.30. The van der Waals surface area contributed by atoms with E-state index in [4.69, 9.17) is 4.74 Å². The Morgan fingerprint density at radius 2 is 2.14 bits per heavy atom. The van der Waals surface area contributed by atoms with E-state index >= 15 is 0 Å². The average Bonchev–Trinajstić information content (AvgIpc) is 3.11. The van der Waals surface area contributed by atoms with Gasteiger partial charge in [0.05, 0.1) is 23.9 Å². The van der Waals surface area contributed by atoms with Crippen LogP contribution in [0, 0.1) is 0 Å². The number of rotatable bonds is 3. The summed E-state index contributed by atoms with van der Waals surface area (Å²) in [4.78, 5) is 11.8. The van der Waals surface area contributed by atoms with Crippen LogP contribution in [-0.2, 0) is 10.3 Å². The molecule has 1 aromatic carbocycles. The second-order valence-electron chi connectivity index (χ2n) is 5.52. The molecule has 114 valence electrons. The smallest absolute Gasteiger partial charge is 0.337 e. The second-order valence-corrected chi connectivity index (χ2v) is 6.30. The minimum atomic E-state index is -1.08. The van der Waals surface area contributed by atoms with E-state index in [1.54, 1.807) is 48.1 Å². The summed E-state index contributed by atoms with van der Waals surface area (Å²) >= 11 is 1.56. The third kappa shape index (κ3) is 2.40. The van der Waals surface area contributed by atoms with Gasteiger partial charge >= 0.3 is 5.97 Å². The number of hydrogen-bond acceptors (Lipinski definition) is 5. The Morgan fingerprint density at radius 1 is 1.36 bits per heavy atom. The van der Waals surface area contributed by atoms with E-state index in [0.717, 1.165) is 16.6 Å². The number of esters is 1. The predicted octanol–water partition coefficient (Wildman–Crippen LogP) is 3.10. The molecule has 3 aromatic rings. The fraction of sp³-hybridized carbons (Fsp3) is 0.250. The van der Waals surface area contributed by atoms with E-state index in [1.807, 2.05) is 16.8 Å². The Bertz CT molecular complexity index is 829. The molecule has 0 bridgehead atoms. The zero-order chi connectivity index (χ0) is 15.9. The summed E-state index contributed by atoms with van der Waals surface area (Å²) in [5.74, 6) is -0.398. The molecule has 0 saturated heterocycles. The van der Waals surface area contributed by atoms with Gasteiger partial charge in [-0.25, -0.2) is 9.48 Å². The van der Waals surface area contributed by atoms with Gasteiger partial charge in [-0.3, -0.25) is 0 Å². The van der Waals surface area contributed by atoms with Crippen molar-refractivity contribution in [1.82, 2.24) is 9.78 Å². The highest BCUT2D eigenvalue weighted by atomic mass is 32.1. The van der Waals surface area contributed by atoms with Crippen molar-refractivity contribution in [3.63, 3.8) is 0 Å². The van der Waals surface area contributed by atoms with Gasteiger partial charge in [0, 0.05) is 10.8 Å². The Balaban J connectivity index is 2.31. The summed E-state index contributed by atoms with van der Waals surface area (Å²) in [6, 6.07) is 7.16. The van der Waals surface area contributed by atoms with Gasteiger partial charge in [-0.15, -0.1) is 0 Å². The fourth-order valence-electron chi connectivity index (χ4n) is 2.39. The monoisotopic (exact) mass is 316 g/mol. The zero-order valence-corrected chi connectivity index (χ0v) is 13.3. The third-order valence-electron chi connectivity index (χ3n) is 3.43. The van der Waals surface area contributed by atoms with Gasteiger partial charge in [0.2, 0.25) is 0 Å². The lowest BCUT2D eigenvalue weighted by atomic mass is 10.0. The van der Waals surface area contributed by atoms with Gasteiger partial charge in [0.1, 0.15) is 11.3 Å². The van der Waals surface area contributed by atoms with Crippen LogP contribution in [0.1, 0.15) is 29.9 Å². The van der Waals surface area contributed by atoms with Crippen molar-refractivity contribution < 1.29 is 14.6 Å². The predicted molar refractivity (Wildman–Crippen MR) is 85.5 cm³/mol. The first-order chi connectivity index (χ1) is 10.4. The minimum absolute atomic E-state index is 0.398. The van der Waals surface area contributed by atoms with Crippen molar-refractivity contribution in [2.24, 2.45) is 0 Å². The number of aliphatic hydroxyl groups is 1. The number of methoxy groups -OCH3 is 1. The van der Waals surface area contributed by atoms with Crippen molar-refractivity contribution >= 4 is 28.2 Å². The van der Waals surface area contributed by atoms with Gasteiger partial charge < -0.3 is 9.84 Å². The van der Waals surface area contributed by atoms with Crippen LogP contribution in [0.15, 0.2) is 35.0 Å². The molecule has 0 atom stereocenters. The maximum absolute atomic E-state index is 11.8. The highest BCUT2D eigenvalue weighted by molar-refractivity contribution is 7.08. The molecule has 0 fully saturated rings. The van der Waals surface area contributed by atoms with Crippen LogP contribution >= 0.6 is 11.3 Å². The summed E-state index contributed by atoms with van der Waals surface area (Å²) < 4.78 is 6.52. The molecule has 0 amide bonds. The Labute approximate surface area is 131 Å². The number of nitrogens with zero attached hydrogens (tertiary/aromatic N) is 2. The van der Waals surface area contributed by atoms with E-state index in [9.17, 15) is 9.90 Å². The van der Waals surface area contributed by atoms with Crippen molar-refractivity contribution in [2.75, 3.05) is 7.11 Å². The molecule has 1 N–H and O–H groups in total. The summed E-state index contributed by atoms with van der Waals surface area (Å²) in [6.45, 7) is 3.39. The van der Waals surface area contributed by atoms with Gasteiger partial charge in [0.15, 0.2) is 0 Å². The molecule has 0 unspecified atom stereocenters. The lowest BCUT2D eigenvalue weighted by Crippen LogP contribution is -2.17. The van der Waals surface area contributed by atoms with Crippen LogP contribution in [0.3, 0.4) is 0 Å². The molecule has 2 aromatic heterocycles. The van der Waals surface area contributed by atoms with Crippen LogP contribution < -0.4 is 0 Å². The van der Waals surface area contributed by atoms with Gasteiger partial charge in [-0.2, -0.15) is 16.4 Å². The summed E-state index contributed by atoms with van der Waals surface area (Å²) in [7, 11) is 1.35.